The van der Waals surface area contributed by atoms with Crippen LogP contribution < -0.4 is 10.6 Å². The topological polar surface area (TPSA) is 73.6 Å². The van der Waals surface area contributed by atoms with Crippen molar-refractivity contribution in [1.82, 2.24) is 9.97 Å². The molecule has 17 heavy (non-hydrogen) atoms. The number of hydrogen-bond donors (Lipinski definition) is 2. The molecule has 0 bridgehead atoms. The van der Waals surface area contributed by atoms with Crippen molar-refractivity contribution >= 4 is 17.3 Å². The SMILES string of the molecule is N#CNc1cc(Nc2cccc(F)c2)ncn1. The summed E-state index contributed by atoms with van der Waals surface area (Å²) in [6, 6.07) is 7.55. The molecule has 0 saturated carbocycles. The molecule has 0 aliphatic heterocycles. The lowest BCUT2D eigenvalue weighted by molar-refractivity contribution is 0.628. The molecule has 1 aromatic heterocycles. The Kier molecular flexibility index (Phi) is 3.12. The van der Waals surface area contributed by atoms with Crippen molar-refractivity contribution in [2.75, 3.05) is 10.6 Å². The monoisotopic (exact) mass is 229 g/mol. The van der Waals surface area contributed by atoms with Gasteiger partial charge in [0.1, 0.15) is 23.8 Å². The van der Waals surface area contributed by atoms with E-state index in [1.807, 2.05) is 0 Å². The van der Waals surface area contributed by atoms with Gasteiger partial charge in [0.05, 0.1) is 0 Å². The molecular formula is C11H8FN5. The van der Waals surface area contributed by atoms with Gasteiger partial charge in [-0.05, 0) is 18.2 Å². The summed E-state index contributed by atoms with van der Waals surface area (Å²) in [5, 5.41) is 13.7. The molecule has 0 fully saturated rings. The molecule has 0 unspecified atom stereocenters. The first-order valence-electron chi connectivity index (χ1n) is 4.77. The van der Waals surface area contributed by atoms with Gasteiger partial charge >= 0.3 is 0 Å². The zero-order valence-corrected chi connectivity index (χ0v) is 8.68. The van der Waals surface area contributed by atoms with Gasteiger partial charge in [0, 0.05) is 11.8 Å². The highest BCUT2D eigenvalue weighted by atomic mass is 19.1. The second-order valence-electron chi connectivity index (χ2n) is 3.16. The Labute approximate surface area is 97.0 Å². The minimum Gasteiger partial charge on any atom is -0.340 e. The first-order chi connectivity index (χ1) is 8.28. The molecule has 1 aromatic carbocycles. The Morgan fingerprint density at radius 2 is 2.00 bits per heavy atom. The van der Waals surface area contributed by atoms with Gasteiger partial charge < -0.3 is 5.32 Å². The molecule has 0 aliphatic carbocycles. The van der Waals surface area contributed by atoms with Crippen LogP contribution in [0, 0.1) is 17.3 Å². The van der Waals surface area contributed by atoms with Crippen LogP contribution >= 0.6 is 0 Å². The smallest absolute Gasteiger partial charge is 0.182 e. The number of nitrogens with one attached hydrogen (secondary N) is 2. The lowest BCUT2D eigenvalue weighted by atomic mass is 10.3. The Hall–Kier alpha value is -2.68. The minimum absolute atomic E-state index is 0.334. The van der Waals surface area contributed by atoms with Crippen molar-refractivity contribution < 1.29 is 4.39 Å². The van der Waals surface area contributed by atoms with Gasteiger partial charge in [-0.25, -0.2) is 14.4 Å². The molecule has 0 radical (unpaired) electrons. The number of anilines is 3. The maximum Gasteiger partial charge on any atom is 0.182 e. The standard InChI is InChI=1S/C11H8FN5/c12-8-2-1-3-9(4-8)17-11-5-10(14-6-13)15-7-16-11/h1-5,7H,(H2,14,15,16,17). The van der Waals surface area contributed by atoms with Crippen LogP contribution in [0.4, 0.5) is 21.7 Å². The summed E-state index contributed by atoms with van der Waals surface area (Å²) in [7, 11) is 0. The third kappa shape index (κ3) is 2.89. The summed E-state index contributed by atoms with van der Waals surface area (Å²) in [5.41, 5.74) is 0.576. The number of rotatable bonds is 3. The van der Waals surface area contributed by atoms with Crippen molar-refractivity contribution in [2.45, 2.75) is 0 Å². The molecule has 2 aromatic rings. The van der Waals surface area contributed by atoms with E-state index in [1.54, 1.807) is 24.4 Å². The van der Waals surface area contributed by atoms with E-state index < -0.39 is 0 Å². The van der Waals surface area contributed by atoms with Crippen LogP contribution in [-0.4, -0.2) is 9.97 Å². The van der Waals surface area contributed by atoms with E-state index in [2.05, 4.69) is 20.6 Å². The maximum absolute atomic E-state index is 12.9. The number of benzene rings is 1. The van der Waals surface area contributed by atoms with Gasteiger partial charge in [-0.15, -0.1) is 0 Å². The summed E-state index contributed by atoms with van der Waals surface area (Å²) < 4.78 is 12.9. The third-order valence-corrected chi connectivity index (χ3v) is 1.95. The molecule has 0 spiro atoms. The van der Waals surface area contributed by atoms with Gasteiger partial charge in [0.15, 0.2) is 6.19 Å². The second kappa shape index (κ2) is 4.90. The zero-order chi connectivity index (χ0) is 12.1. The van der Waals surface area contributed by atoms with Crippen LogP contribution in [0.3, 0.4) is 0 Å². The zero-order valence-electron chi connectivity index (χ0n) is 8.68. The highest BCUT2D eigenvalue weighted by Crippen LogP contribution is 2.16. The lowest BCUT2D eigenvalue weighted by Gasteiger charge is -2.05. The number of hydrogen-bond acceptors (Lipinski definition) is 5. The van der Waals surface area contributed by atoms with Crippen LogP contribution in [0.5, 0.6) is 0 Å². The Balaban J connectivity index is 2.19. The first kappa shape index (κ1) is 10.8. The number of aromatic nitrogens is 2. The molecule has 0 saturated heterocycles. The van der Waals surface area contributed by atoms with E-state index in [9.17, 15) is 4.39 Å². The quantitative estimate of drug-likeness (QED) is 0.623. The van der Waals surface area contributed by atoms with E-state index in [4.69, 9.17) is 5.26 Å². The van der Waals surface area contributed by atoms with Gasteiger partial charge in [-0.1, -0.05) is 6.07 Å². The Morgan fingerprint density at radius 1 is 1.18 bits per heavy atom. The number of nitrogens with zero attached hydrogens (tertiary/aromatic N) is 3. The van der Waals surface area contributed by atoms with E-state index in [0.29, 0.717) is 17.3 Å². The van der Waals surface area contributed by atoms with Crippen LogP contribution in [0.1, 0.15) is 0 Å². The molecule has 1 heterocycles. The highest BCUT2D eigenvalue weighted by Gasteiger charge is 1.99. The number of nitriles is 1. The minimum atomic E-state index is -0.334. The number of halogens is 1. The fourth-order valence-corrected chi connectivity index (χ4v) is 1.27. The van der Waals surface area contributed by atoms with Gasteiger partial charge in [-0.3, -0.25) is 5.32 Å². The molecule has 0 aliphatic rings. The highest BCUT2D eigenvalue weighted by molar-refractivity contribution is 5.59. The predicted octanol–water partition coefficient (Wildman–Crippen LogP) is 2.25. The molecule has 2 rings (SSSR count). The maximum atomic E-state index is 12.9. The van der Waals surface area contributed by atoms with Crippen LogP contribution in [-0.2, 0) is 0 Å². The van der Waals surface area contributed by atoms with Crippen LogP contribution in [0.2, 0.25) is 0 Å². The fourth-order valence-electron chi connectivity index (χ4n) is 1.27. The summed E-state index contributed by atoms with van der Waals surface area (Å²) in [5.74, 6) is 0.518. The van der Waals surface area contributed by atoms with Crippen LogP contribution in [0.15, 0.2) is 36.7 Å². The summed E-state index contributed by atoms with van der Waals surface area (Å²) >= 11 is 0. The van der Waals surface area contributed by atoms with E-state index in [-0.39, 0.29) is 5.82 Å². The van der Waals surface area contributed by atoms with E-state index >= 15 is 0 Å². The largest absolute Gasteiger partial charge is 0.340 e. The summed E-state index contributed by atoms with van der Waals surface area (Å²) in [6.45, 7) is 0. The second-order valence-corrected chi connectivity index (χ2v) is 3.16. The first-order valence-corrected chi connectivity index (χ1v) is 4.77. The Bertz CT molecular complexity index is 564. The van der Waals surface area contributed by atoms with Crippen molar-refractivity contribution in [2.24, 2.45) is 0 Å². The summed E-state index contributed by atoms with van der Waals surface area (Å²) in [4.78, 5) is 7.78. The van der Waals surface area contributed by atoms with E-state index in [1.165, 1.54) is 18.5 Å². The van der Waals surface area contributed by atoms with Gasteiger partial charge in [-0.2, -0.15) is 5.26 Å². The average Bonchev–Trinajstić information content (AvgIpc) is 2.30. The molecule has 2 N–H and O–H groups in total. The molecule has 0 amide bonds. The molecule has 0 atom stereocenters. The third-order valence-electron chi connectivity index (χ3n) is 1.95. The van der Waals surface area contributed by atoms with Crippen molar-refractivity contribution in [1.29, 1.82) is 5.26 Å². The molecular weight excluding hydrogens is 221 g/mol. The Morgan fingerprint density at radius 3 is 2.76 bits per heavy atom. The van der Waals surface area contributed by atoms with Gasteiger partial charge in [0.2, 0.25) is 0 Å². The van der Waals surface area contributed by atoms with Crippen LogP contribution in [0.25, 0.3) is 0 Å². The molecule has 84 valence electrons. The molecule has 6 heteroatoms. The van der Waals surface area contributed by atoms with Crippen molar-refractivity contribution in [3.8, 4) is 6.19 Å². The van der Waals surface area contributed by atoms with Gasteiger partial charge in [0.25, 0.3) is 0 Å². The normalized spacial score (nSPS) is 9.41. The average molecular weight is 229 g/mol. The van der Waals surface area contributed by atoms with Crippen molar-refractivity contribution in [3.63, 3.8) is 0 Å². The van der Waals surface area contributed by atoms with Crippen molar-refractivity contribution in [3.05, 3.63) is 42.5 Å². The summed E-state index contributed by atoms with van der Waals surface area (Å²) in [6.07, 6.45) is 3.06. The lowest BCUT2D eigenvalue weighted by Crippen LogP contribution is -1.97. The fraction of sp³-hybridized carbons (Fsp3) is 0. The molecule has 5 nitrogen and oxygen atoms in total. The van der Waals surface area contributed by atoms with E-state index in [0.717, 1.165) is 0 Å². The predicted molar refractivity (Wildman–Crippen MR) is 61.0 cm³/mol.